The first-order chi connectivity index (χ1) is 18.6. The Morgan fingerprint density at radius 2 is 1.79 bits per heavy atom. The van der Waals surface area contributed by atoms with Crippen molar-refractivity contribution in [1.29, 1.82) is 0 Å². The van der Waals surface area contributed by atoms with Crippen LogP contribution in [0.3, 0.4) is 0 Å². The molecule has 208 valence electrons. The summed E-state index contributed by atoms with van der Waals surface area (Å²) in [6.07, 6.45) is 3.78. The van der Waals surface area contributed by atoms with Gasteiger partial charge in [0.15, 0.2) is 0 Å². The molecule has 0 N–H and O–H groups in total. The Hall–Kier alpha value is -2.86. The van der Waals surface area contributed by atoms with Crippen molar-refractivity contribution in [3.05, 3.63) is 90.9 Å². The van der Waals surface area contributed by atoms with E-state index >= 15 is 0 Å². The topological polar surface area (TPSA) is 101 Å². The quantitative estimate of drug-likeness (QED) is 0.202. The average molecular weight is 594 g/mol. The second kappa shape index (κ2) is 12.5. The van der Waals surface area contributed by atoms with E-state index in [1.54, 1.807) is 17.0 Å². The highest BCUT2D eigenvalue weighted by Crippen LogP contribution is 2.32. The van der Waals surface area contributed by atoms with Gasteiger partial charge in [0.25, 0.3) is 5.69 Å². The molecule has 3 aromatic rings. The van der Waals surface area contributed by atoms with Gasteiger partial charge in [-0.05, 0) is 66.6 Å². The number of thiophene rings is 1. The lowest BCUT2D eigenvalue weighted by Gasteiger charge is -2.34. The second-order valence-electron chi connectivity index (χ2n) is 9.62. The largest absolute Gasteiger partial charge is 0.332 e. The Labute approximate surface area is 236 Å². The standard InChI is InChI=1S/C27H29ClFN3O5S2/c1-19-13-14-38-26(19)17-30(16-20-7-9-21(29)10-8-20)27(33)18-31(22-5-3-2-4-6-22)39(36,37)23-11-12-24(28)25(15-23)32(34)35/h7-15,22H,2-6,16-18H2,1H3. The van der Waals surface area contributed by atoms with Crippen LogP contribution in [0.4, 0.5) is 10.1 Å². The molecule has 1 aromatic heterocycles. The smallest absolute Gasteiger partial charge is 0.289 e. The van der Waals surface area contributed by atoms with E-state index in [4.69, 9.17) is 11.6 Å². The van der Waals surface area contributed by atoms with Gasteiger partial charge in [0.2, 0.25) is 15.9 Å². The first-order valence-corrected chi connectivity index (χ1v) is 15.3. The molecule has 1 aliphatic rings. The van der Waals surface area contributed by atoms with Crippen molar-refractivity contribution < 1.29 is 22.5 Å². The Morgan fingerprint density at radius 3 is 2.41 bits per heavy atom. The van der Waals surface area contributed by atoms with E-state index in [1.165, 1.54) is 39.9 Å². The van der Waals surface area contributed by atoms with Gasteiger partial charge in [0.1, 0.15) is 10.8 Å². The number of nitro benzene ring substituents is 1. The molecule has 0 aliphatic heterocycles. The molecule has 4 rings (SSSR count). The molecule has 1 saturated carbocycles. The summed E-state index contributed by atoms with van der Waals surface area (Å²) < 4.78 is 42.5. The van der Waals surface area contributed by atoms with Gasteiger partial charge in [0.05, 0.1) is 22.9 Å². The third kappa shape index (κ3) is 7.02. The van der Waals surface area contributed by atoms with Crippen LogP contribution < -0.4 is 0 Å². The van der Waals surface area contributed by atoms with Gasteiger partial charge in [-0.2, -0.15) is 4.31 Å². The van der Waals surface area contributed by atoms with Gasteiger partial charge < -0.3 is 4.90 Å². The van der Waals surface area contributed by atoms with Crippen LogP contribution in [0.15, 0.2) is 58.8 Å². The van der Waals surface area contributed by atoms with Gasteiger partial charge in [-0.25, -0.2) is 12.8 Å². The molecule has 12 heteroatoms. The Bertz CT molecular complexity index is 1440. The Kier molecular flexibility index (Phi) is 9.37. The minimum absolute atomic E-state index is 0.168. The number of benzene rings is 2. The van der Waals surface area contributed by atoms with Crippen LogP contribution in [0.1, 0.15) is 48.1 Å². The summed E-state index contributed by atoms with van der Waals surface area (Å²) in [5.41, 5.74) is 1.21. The minimum Gasteiger partial charge on any atom is -0.332 e. The first-order valence-electron chi connectivity index (χ1n) is 12.6. The molecule has 0 atom stereocenters. The van der Waals surface area contributed by atoms with E-state index in [-0.39, 0.29) is 23.0 Å². The number of halogens is 2. The van der Waals surface area contributed by atoms with Gasteiger partial charge >= 0.3 is 0 Å². The third-order valence-electron chi connectivity index (χ3n) is 6.94. The van der Waals surface area contributed by atoms with Crippen molar-refractivity contribution in [2.24, 2.45) is 0 Å². The summed E-state index contributed by atoms with van der Waals surface area (Å²) in [7, 11) is -4.27. The van der Waals surface area contributed by atoms with Crippen molar-refractivity contribution in [3.8, 4) is 0 Å². The second-order valence-corrected chi connectivity index (χ2v) is 12.9. The fourth-order valence-electron chi connectivity index (χ4n) is 4.72. The average Bonchev–Trinajstić information content (AvgIpc) is 3.32. The molecule has 0 radical (unpaired) electrons. The van der Waals surface area contributed by atoms with E-state index in [0.29, 0.717) is 18.4 Å². The van der Waals surface area contributed by atoms with E-state index in [9.17, 15) is 27.7 Å². The van der Waals surface area contributed by atoms with Crippen molar-refractivity contribution in [2.75, 3.05) is 6.54 Å². The lowest BCUT2D eigenvalue weighted by molar-refractivity contribution is -0.384. The lowest BCUT2D eigenvalue weighted by Crippen LogP contribution is -2.47. The van der Waals surface area contributed by atoms with Gasteiger partial charge in [-0.15, -0.1) is 11.3 Å². The maximum Gasteiger partial charge on any atom is 0.289 e. The zero-order valence-electron chi connectivity index (χ0n) is 21.4. The van der Waals surface area contributed by atoms with Gasteiger partial charge in [-0.3, -0.25) is 14.9 Å². The highest BCUT2D eigenvalue weighted by Gasteiger charge is 2.36. The minimum atomic E-state index is -4.27. The molecule has 0 unspecified atom stereocenters. The van der Waals surface area contributed by atoms with E-state index in [0.717, 1.165) is 35.8 Å². The predicted molar refractivity (Wildman–Crippen MR) is 149 cm³/mol. The van der Waals surface area contributed by atoms with Gasteiger partial charge in [-0.1, -0.05) is 43.0 Å². The van der Waals surface area contributed by atoms with Crippen LogP contribution in [0.25, 0.3) is 0 Å². The van der Waals surface area contributed by atoms with E-state index < -0.39 is 44.9 Å². The summed E-state index contributed by atoms with van der Waals surface area (Å²) in [5.74, 6) is -0.804. The number of nitrogens with zero attached hydrogens (tertiary/aromatic N) is 3. The van der Waals surface area contributed by atoms with Crippen LogP contribution in [0.5, 0.6) is 0 Å². The Morgan fingerprint density at radius 1 is 1.10 bits per heavy atom. The molecule has 1 heterocycles. The fourth-order valence-corrected chi connectivity index (χ4v) is 7.49. The van der Waals surface area contributed by atoms with Crippen LogP contribution in [-0.4, -0.2) is 41.0 Å². The predicted octanol–water partition coefficient (Wildman–Crippen LogP) is 6.31. The van der Waals surface area contributed by atoms with Crippen molar-refractivity contribution in [1.82, 2.24) is 9.21 Å². The zero-order chi connectivity index (χ0) is 28.2. The van der Waals surface area contributed by atoms with Crippen molar-refractivity contribution in [3.63, 3.8) is 0 Å². The number of hydrogen-bond donors (Lipinski definition) is 0. The van der Waals surface area contributed by atoms with Crippen LogP contribution in [-0.2, 0) is 27.9 Å². The maximum atomic E-state index is 13.9. The number of carbonyl (C=O) groups excluding carboxylic acids is 1. The summed E-state index contributed by atoms with van der Waals surface area (Å²) in [6, 6.07) is 10.7. The number of carbonyl (C=O) groups is 1. The van der Waals surface area contributed by atoms with E-state index in [1.807, 2.05) is 18.4 Å². The zero-order valence-corrected chi connectivity index (χ0v) is 23.8. The summed E-state index contributed by atoms with van der Waals surface area (Å²) >= 11 is 7.43. The summed E-state index contributed by atoms with van der Waals surface area (Å²) in [6.45, 7) is 1.96. The number of sulfonamides is 1. The monoisotopic (exact) mass is 593 g/mol. The number of rotatable bonds is 10. The first kappa shape index (κ1) is 29.1. The lowest BCUT2D eigenvalue weighted by atomic mass is 9.95. The van der Waals surface area contributed by atoms with Crippen molar-refractivity contribution >= 4 is 44.6 Å². The summed E-state index contributed by atoms with van der Waals surface area (Å²) in [4.78, 5) is 26.8. The third-order valence-corrected chi connectivity index (χ3v) is 10.2. The van der Waals surface area contributed by atoms with Crippen LogP contribution in [0.2, 0.25) is 5.02 Å². The molecule has 1 aliphatic carbocycles. The molecule has 39 heavy (non-hydrogen) atoms. The number of nitro groups is 1. The molecule has 1 fully saturated rings. The number of amides is 1. The van der Waals surface area contributed by atoms with Crippen molar-refractivity contribution in [2.45, 2.75) is 63.1 Å². The highest BCUT2D eigenvalue weighted by molar-refractivity contribution is 7.89. The van der Waals surface area contributed by atoms with E-state index in [2.05, 4.69) is 0 Å². The molecule has 8 nitrogen and oxygen atoms in total. The van der Waals surface area contributed by atoms with Crippen LogP contribution in [0, 0.1) is 22.9 Å². The van der Waals surface area contributed by atoms with Gasteiger partial charge in [0, 0.05) is 23.5 Å². The molecule has 1 amide bonds. The summed E-state index contributed by atoms with van der Waals surface area (Å²) in [5, 5.41) is 13.2. The molecule has 0 spiro atoms. The Balaban J connectivity index is 1.68. The number of aryl methyl sites for hydroxylation is 1. The molecule has 0 saturated heterocycles. The molecule has 2 aromatic carbocycles. The molecular formula is C27H29ClFN3O5S2. The normalized spacial score (nSPS) is 14.5. The SMILES string of the molecule is Cc1ccsc1CN(Cc1ccc(F)cc1)C(=O)CN(C1CCCCC1)S(=O)(=O)c1ccc(Cl)c([N+](=O)[O-])c1. The molecule has 0 bridgehead atoms. The number of hydrogen-bond acceptors (Lipinski definition) is 6. The fraction of sp³-hybridized carbons (Fsp3) is 0.370. The maximum absolute atomic E-state index is 13.9. The van der Waals surface area contributed by atoms with Crippen LogP contribution >= 0.6 is 22.9 Å². The highest BCUT2D eigenvalue weighted by atomic mass is 35.5. The molecular weight excluding hydrogens is 565 g/mol.